The molecule has 4 heteroatoms. The SMILES string of the molecule is [B]P(C)N(CC)c1ccccc1N. The zero-order valence-electron chi connectivity index (χ0n) is 8.07. The molecule has 1 atom stereocenters. The molecule has 0 amide bonds. The summed E-state index contributed by atoms with van der Waals surface area (Å²) < 4.78 is 2.13. The van der Waals surface area contributed by atoms with Gasteiger partial charge in [-0.3, -0.25) is 0 Å². The molecule has 0 spiro atoms. The number of nitrogens with two attached hydrogens (primary N) is 1. The Bertz CT molecular complexity index is 278. The van der Waals surface area contributed by atoms with Gasteiger partial charge in [0, 0.05) is 6.54 Å². The third-order valence-electron chi connectivity index (χ3n) is 1.90. The Kier molecular flexibility index (Phi) is 3.62. The third-order valence-corrected chi connectivity index (χ3v) is 3.16. The lowest BCUT2D eigenvalue weighted by Crippen LogP contribution is -2.16. The molecule has 2 N–H and O–H groups in total. The van der Waals surface area contributed by atoms with Crippen LogP contribution in [-0.2, 0) is 0 Å². The van der Waals surface area contributed by atoms with E-state index in [9.17, 15) is 0 Å². The molecule has 2 nitrogen and oxygen atoms in total. The lowest BCUT2D eigenvalue weighted by molar-refractivity contribution is 1.11. The summed E-state index contributed by atoms with van der Waals surface area (Å²) in [4.78, 5) is 0. The van der Waals surface area contributed by atoms with Gasteiger partial charge in [0.15, 0.2) is 0 Å². The molecular weight excluding hydrogens is 178 g/mol. The van der Waals surface area contributed by atoms with Crippen LogP contribution in [-0.4, -0.2) is 20.8 Å². The molecule has 0 aliphatic carbocycles. The van der Waals surface area contributed by atoms with Crippen molar-refractivity contribution in [3.8, 4) is 0 Å². The predicted molar refractivity (Wildman–Crippen MR) is 62.5 cm³/mol. The Hall–Kier alpha value is -0.685. The summed E-state index contributed by atoms with van der Waals surface area (Å²) >= 11 is 0. The van der Waals surface area contributed by atoms with Crippen LogP contribution in [0.5, 0.6) is 0 Å². The number of anilines is 2. The van der Waals surface area contributed by atoms with Crippen molar-refractivity contribution in [1.82, 2.24) is 0 Å². The minimum absolute atomic E-state index is 0.603. The van der Waals surface area contributed by atoms with E-state index in [1.807, 2.05) is 30.9 Å². The van der Waals surface area contributed by atoms with Crippen LogP contribution in [0, 0.1) is 0 Å². The van der Waals surface area contributed by atoms with Gasteiger partial charge in [0.05, 0.1) is 11.4 Å². The standard InChI is InChI=1S/C9H14BN2P/c1-3-12(13(2)10)9-7-5-4-6-8(9)11/h4-7H,3,11H2,1-2H3. The van der Waals surface area contributed by atoms with Crippen LogP contribution in [0.4, 0.5) is 11.4 Å². The number of nitrogen functional groups attached to an aromatic ring is 1. The number of benzene rings is 1. The van der Waals surface area contributed by atoms with Gasteiger partial charge in [0.25, 0.3) is 0 Å². The average Bonchev–Trinajstić information content (AvgIpc) is 2.09. The van der Waals surface area contributed by atoms with Crippen molar-refractivity contribution in [2.45, 2.75) is 6.92 Å². The minimum Gasteiger partial charge on any atom is -0.397 e. The van der Waals surface area contributed by atoms with Gasteiger partial charge in [-0.15, -0.1) is 0 Å². The van der Waals surface area contributed by atoms with E-state index < -0.39 is 7.95 Å². The highest BCUT2D eigenvalue weighted by atomic mass is 31.1. The summed E-state index contributed by atoms with van der Waals surface area (Å²) in [5, 5.41) is 0. The Morgan fingerprint density at radius 2 is 2.08 bits per heavy atom. The maximum absolute atomic E-state index is 5.88. The first-order valence-corrected chi connectivity index (χ1v) is 6.08. The Morgan fingerprint density at radius 1 is 1.46 bits per heavy atom. The van der Waals surface area contributed by atoms with Crippen molar-refractivity contribution < 1.29 is 0 Å². The van der Waals surface area contributed by atoms with Gasteiger partial charge in [0.1, 0.15) is 7.57 Å². The van der Waals surface area contributed by atoms with E-state index in [1.165, 1.54) is 0 Å². The Balaban J connectivity index is 2.97. The predicted octanol–water partition coefficient (Wildman–Crippen LogP) is 2.21. The fourth-order valence-corrected chi connectivity index (χ4v) is 2.25. The fraction of sp³-hybridized carbons (Fsp3) is 0.333. The average molecular weight is 192 g/mol. The minimum atomic E-state index is -0.603. The molecule has 68 valence electrons. The van der Waals surface area contributed by atoms with Crippen LogP contribution < -0.4 is 10.4 Å². The lowest BCUT2D eigenvalue weighted by atomic mass is 10.3. The van der Waals surface area contributed by atoms with Crippen molar-refractivity contribution in [2.75, 3.05) is 23.6 Å². The maximum atomic E-state index is 5.88. The van der Waals surface area contributed by atoms with E-state index in [0.29, 0.717) is 0 Å². The van der Waals surface area contributed by atoms with E-state index in [0.717, 1.165) is 17.9 Å². The summed E-state index contributed by atoms with van der Waals surface area (Å²) in [6, 6.07) is 7.82. The molecular formula is C9H14BN2P. The van der Waals surface area contributed by atoms with Crippen molar-refractivity contribution >= 4 is 26.9 Å². The second-order valence-electron chi connectivity index (χ2n) is 2.85. The maximum Gasteiger partial charge on any atom is 0.138 e. The summed E-state index contributed by atoms with van der Waals surface area (Å²) in [6.45, 7) is 5.00. The van der Waals surface area contributed by atoms with Crippen LogP contribution in [0.2, 0.25) is 0 Å². The monoisotopic (exact) mass is 192 g/mol. The molecule has 0 aromatic heterocycles. The molecule has 0 heterocycles. The number of hydrogen-bond donors (Lipinski definition) is 1. The van der Waals surface area contributed by atoms with Crippen LogP contribution >= 0.6 is 7.95 Å². The van der Waals surface area contributed by atoms with Crippen molar-refractivity contribution in [3.63, 3.8) is 0 Å². The van der Waals surface area contributed by atoms with Gasteiger partial charge in [-0.1, -0.05) is 20.1 Å². The van der Waals surface area contributed by atoms with Gasteiger partial charge >= 0.3 is 0 Å². The van der Waals surface area contributed by atoms with Gasteiger partial charge in [-0.2, -0.15) is 0 Å². The number of para-hydroxylation sites is 2. The fourth-order valence-electron chi connectivity index (χ4n) is 1.29. The molecule has 2 radical (unpaired) electrons. The second-order valence-corrected chi connectivity index (χ2v) is 4.48. The zero-order valence-corrected chi connectivity index (χ0v) is 8.96. The Morgan fingerprint density at radius 3 is 2.54 bits per heavy atom. The normalized spacial score (nSPS) is 12.5. The molecule has 1 aromatic carbocycles. The summed E-state index contributed by atoms with van der Waals surface area (Å²) in [7, 11) is 5.28. The molecule has 0 bridgehead atoms. The van der Waals surface area contributed by atoms with Gasteiger partial charge < -0.3 is 10.4 Å². The smallest absolute Gasteiger partial charge is 0.138 e. The number of nitrogens with zero attached hydrogens (tertiary/aromatic N) is 1. The quantitative estimate of drug-likeness (QED) is 0.451. The summed E-state index contributed by atoms with van der Waals surface area (Å²) in [5.41, 5.74) is 7.69. The zero-order chi connectivity index (χ0) is 9.84. The van der Waals surface area contributed by atoms with E-state index in [2.05, 4.69) is 11.6 Å². The molecule has 1 rings (SSSR count). The van der Waals surface area contributed by atoms with Crippen LogP contribution in [0.1, 0.15) is 6.92 Å². The highest BCUT2D eigenvalue weighted by Gasteiger charge is 2.09. The van der Waals surface area contributed by atoms with Gasteiger partial charge in [-0.25, -0.2) is 0 Å². The van der Waals surface area contributed by atoms with Gasteiger partial charge in [0.2, 0.25) is 0 Å². The first-order chi connectivity index (χ1) is 6.16. The van der Waals surface area contributed by atoms with E-state index in [4.69, 9.17) is 13.3 Å². The first kappa shape index (κ1) is 10.4. The summed E-state index contributed by atoms with van der Waals surface area (Å²) in [6.07, 6.45) is 0. The highest BCUT2D eigenvalue weighted by molar-refractivity contribution is 7.82. The topological polar surface area (TPSA) is 29.3 Å². The second kappa shape index (κ2) is 4.52. The largest absolute Gasteiger partial charge is 0.397 e. The van der Waals surface area contributed by atoms with Crippen LogP contribution in [0.3, 0.4) is 0 Å². The summed E-state index contributed by atoms with van der Waals surface area (Å²) in [5.74, 6) is 0. The third kappa shape index (κ3) is 2.38. The molecule has 0 saturated carbocycles. The number of hydrogen-bond acceptors (Lipinski definition) is 2. The molecule has 1 unspecified atom stereocenters. The molecule has 0 aliphatic rings. The van der Waals surface area contributed by atoms with Crippen LogP contribution in [0.25, 0.3) is 0 Å². The first-order valence-electron chi connectivity index (χ1n) is 4.27. The van der Waals surface area contributed by atoms with E-state index in [-0.39, 0.29) is 0 Å². The molecule has 1 aromatic rings. The van der Waals surface area contributed by atoms with E-state index >= 15 is 0 Å². The molecule has 0 aliphatic heterocycles. The van der Waals surface area contributed by atoms with Crippen molar-refractivity contribution in [1.29, 1.82) is 0 Å². The van der Waals surface area contributed by atoms with E-state index in [1.54, 1.807) is 0 Å². The van der Waals surface area contributed by atoms with Gasteiger partial charge in [-0.05, 0) is 25.7 Å². The van der Waals surface area contributed by atoms with Crippen LogP contribution in [0.15, 0.2) is 24.3 Å². The lowest BCUT2D eigenvalue weighted by Gasteiger charge is -2.29. The van der Waals surface area contributed by atoms with Crippen molar-refractivity contribution in [2.24, 2.45) is 0 Å². The molecule has 0 saturated heterocycles. The molecule has 0 fully saturated rings. The highest BCUT2D eigenvalue weighted by Crippen LogP contribution is 2.37. The molecule has 13 heavy (non-hydrogen) atoms. The van der Waals surface area contributed by atoms with Crippen molar-refractivity contribution in [3.05, 3.63) is 24.3 Å². The Labute approximate surface area is 82.3 Å². The number of rotatable bonds is 3.